The standard InChI is InChI=1S/C17H19F3O/c1-16(21,10-5-11-17(18,19)20)12-14-8-4-7-13-6-2-3-9-15(13)14/h2-4,6-9,21H,5,10-12H2,1H3. The summed E-state index contributed by atoms with van der Waals surface area (Å²) in [5, 5.41) is 12.5. The Balaban J connectivity index is 2.08. The van der Waals surface area contributed by atoms with Gasteiger partial charge in [-0.25, -0.2) is 0 Å². The predicted molar refractivity (Wildman–Crippen MR) is 78.2 cm³/mol. The zero-order valence-electron chi connectivity index (χ0n) is 12.0. The number of hydrogen-bond acceptors (Lipinski definition) is 1. The molecule has 0 amide bonds. The molecule has 0 aliphatic carbocycles. The van der Waals surface area contributed by atoms with Gasteiger partial charge in [-0.05, 0) is 36.1 Å². The Bertz CT molecular complexity index is 597. The molecule has 1 nitrogen and oxygen atoms in total. The van der Waals surface area contributed by atoms with Crippen molar-refractivity contribution in [3.8, 4) is 0 Å². The molecule has 1 atom stereocenters. The van der Waals surface area contributed by atoms with Crippen molar-refractivity contribution >= 4 is 10.8 Å². The van der Waals surface area contributed by atoms with Gasteiger partial charge in [0.25, 0.3) is 0 Å². The van der Waals surface area contributed by atoms with Gasteiger partial charge in [0.15, 0.2) is 0 Å². The quantitative estimate of drug-likeness (QED) is 0.835. The monoisotopic (exact) mass is 296 g/mol. The number of hydrogen-bond donors (Lipinski definition) is 1. The summed E-state index contributed by atoms with van der Waals surface area (Å²) in [4.78, 5) is 0. The van der Waals surface area contributed by atoms with Crippen LogP contribution in [0.5, 0.6) is 0 Å². The third-order valence-corrected chi connectivity index (χ3v) is 3.63. The lowest BCUT2D eigenvalue weighted by Crippen LogP contribution is -2.27. The predicted octanol–water partition coefficient (Wildman–Crippen LogP) is 4.87. The molecule has 4 heteroatoms. The highest BCUT2D eigenvalue weighted by atomic mass is 19.4. The Morgan fingerprint density at radius 2 is 1.62 bits per heavy atom. The van der Waals surface area contributed by atoms with Gasteiger partial charge in [0.05, 0.1) is 5.60 Å². The lowest BCUT2D eigenvalue weighted by atomic mass is 9.89. The van der Waals surface area contributed by atoms with Crippen molar-refractivity contribution in [3.63, 3.8) is 0 Å². The minimum Gasteiger partial charge on any atom is -0.390 e. The summed E-state index contributed by atoms with van der Waals surface area (Å²) < 4.78 is 36.6. The lowest BCUT2D eigenvalue weighted by molar-refractivity contribution is -0.137. The van der Waals surface area contributed by atoms with Crippen molar-refractivity contribution < 1.29 is 18.3 Å². The fourth-order valence-electron chi connectivity index (χ4n) is 2.61. The van der Waals surface area contributed by atoms with Crippen LogP contribution in [0.4, 0.5) is 13.2 Å². The molecule has 114 valence electrons. The maximum absolute atomic E-state index is 12.2. The summed E-state index contributed by atoms with van der Waals surface area (Å²) in [7, 11) is 0. The highest BCUT2D eigenvalue weighted by Crippen LogP contribution is 2.28. The van der Waals surface area contributed by atoms with Crippen LogP contribution < -0.4 is 0 Å². The zero-order valence-corrected chi connectivity index (χ0v) is 12.0. The highest BCUT2D eigenvalue weighted by Gasteiger charge is 2.29. The molecule has 0 radical (unpaired) electrons. The molecule has 0 saturated heterocycles. The van der Waals surface area contributed by atoms with Crippen LogP contribution in [0.25, 0.3) is 10.8 Å². The molecule has 0 aromatic heterocycles. The van der Waals surface area contributed by atoms with Gasteiger partial charge in [0.2, 0.25) is 0 Å². The fourth-order valence-corrected chi connectivity index (χ4v) is 2.61. The molecule has 0 fully saturated rings. The molecule has 2 aromatic rings. The second kappa shape index (κ2) is 6.06. The molecule has 21 heavy (non-hydrogen) atoms. The topological polar surface area (TPSA) is 20.2 Å². The molecule has 0 bridgehead atoms. The van der Waals surface area contributed by atoms with Crippen LogP contribution in [0.1, 0.15) is 31.7 Å². The van der Waals surface area contributed by atoms with Gasteiger partial charge in [-0.2, -0.15) is 13.2 Å². The number of halogens is 3. The Morgan fingerprint density at radius 3 is 2.33 bits per heavy atom. The second-order valence-electron chi connectivity index (χ2n) is 5.78. The molecular formula is C17H19F3O. The van der Waals surface area contributed by atoms with Gasteiger partial charge in [0, 0.05) is 12.8 Å². The number of fused-ring (bicyclic) bond motifs is 1. The molecule has 2 rings (SSSR count). The van der Waals surface area contributed by atoms with Crippen molar-refractivity contribution in [3.05, 3.63) is 48.0 Å². The van der Waals surface area contributed by atoms with Crippen molar-refractivity contribution in [2.45, 2.75) is 44.4 Å². The number of benzene rings is 2. The van der Waals surface area contributed by atoms with E-state index >= 15 is 0 Å². The summed E-state index contributed by atoms with van der Waals surface area (Å²) in [6.07, 6.45) is -4.57. The van der Waals surface area contributed by atoms with E-state index in [2.05, 4.69) is 0 Å². The molecule has 0 aliphatic rings. The van der Waals surface area contributed by atoms with Crippen molar-refractivity contribution in [1.82, 2.24) is 0 Å². The van der Waals surface area contributed by atoms with E-state index in [1.165, 1.54) is 0 Å². The maximum atomic E-state index is 12.2. The summed E-state index contributed by atoms with van der Waals surface area (Å²) in [6.45, 7) is 1.60. The van der Waals surface area contributed by atoms with Gasteiger partial charge >= 0.3 is 6.18 Å². The largest absolute Gasteiger partial charge is 0.390 e. The summed E-state index contributed by atoms with van der Waals surface area (Å²) in [5.41, 5.74) is -0.167. The van der Waals surface area contributed by atoms with Crippen LogP contribution in [-0.4, -0.2) is 16.9 Å². The average molecular weight is 296 g/mol. The zero-order chi connectivity index (χ0) is 15.5. The molecule has 2 aromatic carbocycles. The first-order chi connectivity index (χ1) is 9.77. The van der Waals surface area contributed by atoms with Crippen molar-refractivity contribution in [2.24, 2.45) is 0 Å². The fraction of sp³-hybridized carbons (Fsp3) is 0.412. The molecule has 1 N–H and O–H groups in total. The van der Waals surface area contributed by atoms with Gasteiger partial charge in [0.1, 0.15) is 0 Å². The third-order valence-electron chi connectivity index (χ3n) is 3.63. The van der Waals surface area contributed by atoms with E-state index in [9.17, 15) is 18.3 Å². The molecule has 0 saturated carbocycles. The van der Waals surface area contributed by atoms with E-state index in [0.29, 0.717) is 6.42 Å². The van der Waals surface area contributed by atoms with Crippen LogP contribution in [0.3, 0.4) is 0 Å². The third kappa shape index (κ3) is 4.74. The van der Waals surface area contributed by atoms with Gasteiger partial charge < -0.3 is 5.11 Å². The van der Waals surface area contributed by atoms with Crippen molar-refractivity contribution in [2.75, 3.05) is 0 Å². The van der Waals surface area contributed by atoms with E-state index in [1.807, 2.05) is 42.5 Å². The second-order valence-corrected chi connectivity index (χ2v) is 5.78. The van der Waals surface area contributed by atoms with Gasteiger partial charge in [-0.15, -0.1) is 0 Å². The Morgan fingerprint density at radius 1 is 0.952 bits per heavy atom. The summed E-state index contributed by atoms with van der Waals surface area (Å²) in [6, 6.07) is 13.6. The van der Waals surface area contributed by atoms with E-state index in [1.54, 1.807) is 6.92 Å². The summed E-state index contributed by atoms with van der Waals surface area (Å²) >= 11 is 0. The summed E-state index contributed by atoms with van der Waals surface area (Å²) in [5.74, 6) is 0. The van der Waals surface area contributed by atoms with Crippen molar-refractivity contribution in [1.29, 1.82) is 0 Å². The first kappa shape index (κ1) is 15.8. The average Bonchev–Trinajstić information content (AvgIpc) is 2.37. The van der Waals surface area contributed by atoms with Crippen LogP contribution >= 0.6 is 0 Å². The SMILES string of the molecule is CC(O)(CCCC(F)(F)F)Cc1cccc2ccccc12. The molecule has 0 heterocycles. The smallest absolute Gasteiger partial charge is 0.389 e. The highest BCUT2D eigenvalue weighted by molar-refractivity contribution is 5.85. The van der Waals surface area contributed by atoms with E-state index in [4.69, 9.17) is 0 Å². The lowest BCUT2D eigenvalue weighted by Gasteiger charge is -2.24. The molecule has 0 aliphatic heterocycles. The van der Waals surface area contributed by atoms with Crippen LogP contribution in [-0.2, 0) is 6.42 Å². The van der Waals surface area contributed by atoms with Crippen LogP contribution in [0.15, 0.2) is 42.5 Å². The van der Waals surface area contributed by atoms with E-state index in [-0.39, 0.29) is 12.8 Å². The van der Waals surface area contributed by atoms with E-state index < -0.39 is 18.2 Å². The minimum atomic E-state index is -4.16. The van der Waals surface area contributed by atoms with Gasteiger partial charge in [-0.1, -0.05) is 42.5 Å². The van der Waals surface area contributed by atoms with Crippen LogP contribution in [0, 0.1) is 0 Å². The Hall–Kier alpha value is -1.55. The number of rotatable bonds is 5. The minimum absolute atomic E-state index is 0.0543. The molecule has 0 spiro atoms. The number of alkyl halides is 3. The molecule has 1 unspecified atom stereocenters. The Labute approximate surface area is 122 Å². The van der Waals surface area contributed by atoms with Crippen LogP contribution in [0.2, 0.25) is 0 Å². The number of aliphatic hydroxyl groups is 1. The van der Waals surface area contributed by atoms with Gasteiger partial charge in [-0.3, -0.25) is 0 Å². The first-order valence-corrected chi connectivity index (χ1v) is 7.03. The van der Waals surface area contributed by atoms with E-state index in [0.717, 1.165) is 16.3 Å². The first-order valence-electron chi connectivity index (χ1n) is 7.03. The normalized spacial score (nSPS) is 15.1. The molecular weight excluding hydrogens is 277 g/mol. The Kier molecular flexibility index (Phi) is 4.57. The maximum Gasteiger partial charge on any atom is 0.389 e.